The molecule has 2 aromatic heterocycles. The molecule has 1 amide bonds. The third kappa shape index (κ3) is 4.15. The zero-order chi connectivity index (χ0) is 29.3. The first-order valence-electron chi connectivity index (χ1n) is 13.9. The number of phenolic OH excluding ortho intramolecular Hbond substituents is 1. The first kappa shape index (κ1) is 26.6. The molecule has 5 heterocycles. The number of aryl methyl sites for hydroxylation is 1. The second-order valence-corrected chi connectivity index (χ2v) is 11.5. The van der Waals surface area contributed by atoms with Crippen molar-refractivity contribution in [3.05, 3.63) is 52.1 Å². The summed E-state index contributed by atoms with van der Waals surface area (Å²) in [7, 11) is 1.65. The number of alkyl halides is 1. The number of amides is 1. The number of aromatic hydroxyl groups is 1. The molecule has 3 fully saturated rings. The van der Waals surface area contributed by atoms with Gasteiger partial charge in [0.25, 0.3) is 0 Å². The van der Waals surface area contributed by atoms with Crippen LogP contribution in [0.3, 0.4) is 0 Å². The SMILES string of the molecule is Cc1c(-c2cc(O)cc3cccc(F)c23)oc(=O)c2c(N3CC(=O)N(C)C3)nc(OC[C@@]34CCCN3C[C@H](F)C4)nc12. The second kappa shape index (κ2) is 9.62. The summed E-state index contributed by atoms with van der Waals surface area (Å²) >= 11 is 0. The second-order valence-electron chi connectivity index (χ2n) is 11.5. The molecule has 0 spiro atoms. The number of nitrogens with zero attached hydrogens (tertiary/aromatic N) is 5. The van der Waals surface area contributed by atoms with Crippen molar-refractivity contribution in [2.24, 2.45) is 0 Å². The van der Waals surface area contributed by atoms with E-state index < -0.39 is 23.2 Å². The average molecular weight is 578 g/mol. The maximum absolute atomic E-state index is 15.1. The molecule has 7 rings (SSSR count). The van der Waals surface area contributed by atoms with E-state index in [1.54, 1.807) is 24.9 Å². The van der Waals surface area contributed by atoms with Gasteiger partial charge in [0, 0.05) is 36.5 Å². The van der Waals surface area contributed by atoms with Crippen molar-refractivity contribution in [1.29, 1.82) is 0 Å². The van der Waals surface area contributed by atoms with Gasteiger partial charge in [-0.2, -0.15) is 9.97 Å². The summed E-state index contributed by atoms with van der Waals surface area (Å²) in [6, 6.07) is 7.23. The quantitative estimate of drug-likeness (QED) is 0.379. The number of rotatable bonds is 5. The molecule has 3 aliphatic heterocycles. The van der Waals surface area contributed by atoms with Crippen molar-refractivity contribution in [3.8, 4) is 23.1 Å². The lowest BCUT2D eigenvalue weighted by Crippen LogP contribution is -2.43. The molecule has 10 nitrogen and oxygen atoms in total. The van der Waals surface area contributed by atoms with Crippen LogP contribution in [0.25, 0.3) is 33.0 Å². The van der Waals surface area contributed by atoms with Gasteiger partial charge in [0.15, 0.2) is 5.82 Å². The Balaban J connectivity index is 1.40. The minimum Gasteiger partial charge on any atom is -0.508 e. The fourth-order valence-electron chi connectivity index (χ4n) is 6.77. The van der Waals surface area contributed by atoms with E-state index in [2.05, 4.69) is 14.9 Å². The topological polar surface area (TPSA) is 112 Å². The molecule has 2 aromatic carbocycles. The fourth-order valence-corrected chi connectivity index (χ4v) is 6.77. The van der Waals surface area contributed by atoms with E-state index >= 15 is 4.39 Å². The molecular weight excluding hydrogens is 548 g/mol. The Hall–Kier alpha value is -4.32. The van der Waals surface area contributed by atoms with Crippen LogP contribution < -0.4 is 15.3 Å². The van der Waals surface area contributed by atoms with E-state index in [1.165, 1.54) is 29.2 Å². The minimum atomic E-state index is -0.930. The summed E-state index contributed by atoms with van der Waals surface area (Å²) in [6.07, 6.45) is 1.17. The van der Waals surface area contributed by atoms with Crippen molar-refractivity contribution in [2.45, 2.75) is 37.9 Å². The fraction of sp³-hybridized carbons (Fsp3) is 0.400. The Labute approximate surface area is 239 Å². The van der Waals surface area contributed by atoms with Crippen LogP contribution in [0.15, 0.2) is 39.5 Å². The maximum atomic E-state index is 15.1. The van der Waals surface area contributed by atoms with E-state index in [0.29, 0.717) is 23.9 Å². The summed E-state index contributed by atoms with van der Waals surface area (Å²) in [4.78, 5) is 40.5. The van der Waals surface area contributed by atoms with Crippen molar-refractivity contribution in [1.82, 2.24) is 19.8 Å². The highest BCUT2D eigenvalue weighted by Crippen LogP contribution is 2.41. The molecule has 0 radical (unpaired) electrons. The maximum Gasteiger partial charge on any atom is 0.349 e. The van der Waals surface area contributed by atoms with Crippen LogP contribution in [0.1, 0.15) is 24.8 Å². The van der Waals surface area contributed by atoms with Crippen molar-refractivity contribution < 1.29 is 27.8 Å². The smallest absolute Gasteiger partial charge is 0.349 e. The van der Waals surface area contributed by atoms with Gasteiger partial charge in [-0.15, -0.1) is 0 Å². The van der Waals surface area contributed by atoms with E-state index in [1.807, 2.05) is 0 Å². The molecule has 1 N–H and O–H groups in total. The molecule has 12 heteroatoms. The summed E-state index contributed by atoms with van der Waals surface area (Å²) < 4.78 is 41.4. The molecule has 4 aromatic rings. The van der Waals surface area contributed by atoms with Gasteiger partial charge in [0.2, 0.25) is 5.91 Å². The van der Waals surface area contributed by atoms with Gasteiger partial charge < -0.3 is 24.1 Å². The van der Waals surface area contributed by atoms with E-state index in [0.717, 1.165) is 19.4 Å². The molecule has 2 atom stereocenters. The summed E-state index contributed by atoms with van der Waals surface area (Å²) in [5.74, 6) is -0.596. The zero-order valence-corrected chi connectivity index (χ0v) is 23.2. The van der Waals surface area contributed by atoms with Gasteiger partial charge >= 0.3 is 11.6 Å². The highest BCUT2D eigenvalue weighted by Gasteiger charge is 2.49. The normalized spacial score (nSPS) is 22.6. The average Bonchev–Trinajstić information content (AvgIpc) is 3.59. The number of benzene rings is 2. The van der Waals surface area contributed by atoms with Gasteiger partial charge in [-0.1, -0.05) is 12.1 Å². The largest absolute Gasteiger partial charge is 0.508 e. The van der Waals surface area contributed by atoms with E-state index in [9.17, 15) is 19.1 Å². The van der Waals surface area contributed by atoms with Gasteiger partial charge in [0.1, 0.15) is 42.0 Å². The predicted molar refractivity (Wildman–Crippen MR) is 151 cm³/mol. The molecule has 0 saturated carbocycles. The molecule has 218 valence electrons. The minimum absolute atomic E-state index is 0.00799. The highest BCUT2D eigenvalue weighted by molar-refractivity contribution is 6.01. The zero-order valence-electron chi connectivity index (χ0n) is 23.2. The predicted octanol–water partition coefficient (Wildman–Crippen LogP) is 3.75. The first-order valence-corrected chi connectivity index (χ1v) is 13.9. The number of hydrogen-bond donors (Lipinski definition) is 1. The highest BCUT2D eigenvalue weighted by atomic mass is 19.1. The van der Waals surface area contributed by atoms with E-state index in [-0.39, 0.29) is 70.9 Å². The van der Waals surface area contributed by atoms with Crippen LogP contribution in [0.4, 0.5) is 14.6 Å². The Morgan fingerprint density at radius 1 is 1.21 bits per heavy atom. The standard InChI is InChI=1S/C30H29F2N5O5/c1-16-25-24(28(40)42-26(16)20-10-19(38)9-17-5-3-6-21(32)23(17)20)27(36-13-22(39)35(2)15-36)34-29(33-25)41-14-30-7-4-8-37(30)12-18(31)11-30/h3,5-6,9-10,18,38H,4,7-8,11-15H2,1-2H3/t18-,30+/m1/s1. The number of carbonyl (C=O) groups excluding carboxylic acids is 1. The number of fused-ring (bicyclic) bond motifs is 3. The van der Waals surface area contributed by atoms with Crippen LogP contribution in [-0.2, 0) is 4.79 Å². The number of ether oxygens (including phenoxy) is 1. The van der Waals surface area contributed by atoms with Crippen molar-refractivity contribution >= 4 is 33.4 Å². The molecule has 0 unspecified atom stereocenters. The van der Waals surface area contributed by atoms with E-state index in [4.69, 9.17) is 9.15 Å². The molecular formula is C30H29F2N5O5. The number of aromatic nitrogens is 2. The lowest BCUT2D eigenvalue weighted by molar-refractivity contribution is -0.125. The van der Waals surface area contributed by atoms with Crippen molar-refractivity contribution in [2.75, 3.05) is 44.9 Å². The van der Waals surface area contributed by atoms with Crippen LogP contribution in [0.2, 0.25) is 0 Å². The number of hydrogen-bond acceptors (Lipinski definition) is 9. The van der Waals surface area contributed by atoms with Crippen LogP contribution in [0, 0.1) is 12.7 Å². The Morgan fingerprint density at radius 3 is 2.83 bits per heavy atom. The lowest BCUT2D eigenvalue weighted by atomic mass is 9.95. The Kier molecular flexibility index (Phi) is 6.08. The number of carbonyl (C=O) groups is 1. The number of likely N-dealkylation sites (N-methyl/N-ethyl adjacent to an activating group) is 1. The number of phenols is 1. The third-order valence-electron chi connectivity index (χ3n) is 8.78. The van der Waals surface area contributed by atoms with Crippen LogP contribution in [0.5, 0.6) is 11.8 Å². The van der Waals surface area contributed by atoms with Crippen LogP contribution >= 0.6 is 0 Å². The Morgan fingerprint density at radius 2 is 2.05 bits per heavy atom. The third-order valence-corrected chi connectivity index (χ3v) is 8.78. The van der Waals surface area contributed by atoms with Crippen LogP contribution in [-0.4, -0.2) is 82.4 Å². The number of halogens is 2. The van der Waals surface area contributed by atoms with Gasteiger partial charge in [-0.3, -0.25) is 9.69 Å². The van der Waals surface area contributed by atoms with Gasteiger partial charge in [-0.25, -0.2) is 13.6 Å². The Bertz CT molecular complexity index is 1830. The van der Waals surface area contributed by atoms with Gasteiger partial charge in [0.05, 0.1) is 17.7 Å². The summed E-state index contributed by atoms with van der Waals surface area (Å²) in [5.41, 5.74) is -0.420. The molecule has 0 bridgehead atoms. The summed E-state index contributed by atoms with van der Waals surface area (Å²) in [5, 5.41) is 11.1. The molecule has 3 aliphatic rings. The van der Waals surface area contributed by atoms with Crippen molar-refractivity contribution in [3.63, 3.8) is 0 Å². The lowest BCUT2D eigenvalue weighted by Gasteiger charge is -2.31. The molecule has 42 heavy (non-hydrogen) atoms. The number of anilines is 1. The van der Waals surface area contributed by atoms with Gasteiger partial charge in [-0.05, 0) is 49.9 Å². The monoisotopic (exact) mass is 577 g/mol. The molecule has 3 saturated heterocycles. The molecule has 0 aliphatic carbocycles. The first-order chi connectivity index (χ1) is 20.1. The summed E-state index contributed by atoms with van der Waals surface area (Å²) in [6.45, 7) is 3.20.